The van der Waals surface area contributed by atoms with Crippen molar-refractivity contribution in [3.05, 3.63) is 0 Å². The number of nitrogens with two attached hydrogens (primary N) is 2. The minimum atomic E-state index is -2.60. The van der Waals surface area contributed by atoms with Gasteiger partial charge >= 0.3 is 8.40 Å². The Balaban J connectivity index is 4.00. The third-order valence-corrected chi connectivity index (χ3v) is 1.43. The largest absolute Gasteiger partial charge is 0.360 e. The standard InChI is InChI=1S/C4H6N2Si/c1-3-7(5,6)4-2/h1-2H,5-6H2. The second-order valence-electron chi connectivity index (χ2n) is 1.16. The second kappa shape index (κ2) is 1.81. The van der Waals surface area contributed by atoms with E-state index in [2.05, 4.69) is 11.1 Å². The van der Waals surface area contributed by atoms with Crippen molar-refractivity contribution in [2.24, 2.45) is 10.8 Å². The van der Waals surface area contributed by atoms with E-state index in [1.165, 1.54) is 0 Å². The maximum atomic E-state index is 5.16. The van der Waals surface area contributed by atoms with Crippen molar-refractivity contribution in [1.29, 1.82) is 0 Å². The molecule has 0 unspecified atom stereocenters. The van der Waals surface area contributed by atoms with Crippen LogP contribution in [0, 0.1) is 23.9 Å². The predicted octanol–water partition coefficient (Wildman–Crippen LogP) is -1.31. The lowest BCUT2D eigenvalue weighted by molar-refractivity contribution is 1.63. The fraction of sp³-hybridized carbons (Fsp3) is 0. The first-order chi connectivity index (χ1) is 3.12. The zero-order chi connectivity index (χ0) is 5.91. The second-order valence-corrected chi connectivity index (χ2v) is 3.47. The highest BCUT2D eigenvalue weighted by atomic mass is 28.3. The van der Waals surface area contributed by atoms with Crippen LogP contribution in [-0.4, -0.2) is 8.40 Å². The Morgan fingerprint density at radius 3 is 1.43 bits per heavy atom. The highest BCUT2D eigenvalue weighted by molar-refractivity contribution is 6.88. The van der Waals surface area contributed by atoms with Crippen molar-refractivity contribution >= 4 is 8.40 Å². The molecule has 0 aliphatic heterocycles. The van der Waals surface area contributed by atoms with Gasteiger partial charge < -0.3 is 10.8 Å². The lowest BCUT2D eigenvalue weighted by Crippen LogP contribution is -2.53. The summed E-state index contributed by atoms with van der Waals surface area (Å²) in [4.78, 5) is 0. The molecule has 0 aromatic heterocycles. The van der Waals surface area contributed by atoms with Gasteiger partial charge in [0.25, 0.3) is 0 Å². The van der Waals surface area contributed by atoms with Crippen LogP contribution in [0.15, 0.2) is 0 Å². The Labute approximate surface area is 44.1 Å². The molecular formula is C4H6N2Si. The van der Waals surface area contributed by atoms with E-state index in [-0.39, 0.29) is 0 Å². The van der Waals surface area contributed by atoms with E-state index in [0.717, 1.165) is 0 Å². The third kappa shape index (κ3) is 2.02. The highest BCUT2D eigenvalue weighted by Crippen LogP contribution is 1.70. The molecular weight excluding hydrogens is 104 g/mol. The van der Waals surface area contributed by atoms with Crippen LogP contribution in [0.2, 0.25) is 0 Å². The first-order valence-electron chi connectivity index (χ1n) is 1.65. The van der Waals surface area contributed by atoms with Gasteiger partial charge in [-0.2, -0.15) is 0 Å². The molecule has 0 aromatic rings. The Kier molecular flexibility index (Phi) is 1.62. The minimum Gasteiger partial charge on any atom is -0.320 e. The third-order valence-electron chi connectivity index (χ3n) is 0.478. The number of terminal acetylenes is 2. The SMILES string of the molecule is C#C[Si](N)(N)C#C. The maximum absolute atomic E-state index is 5.16. The van der Waals surface area contributed by atoms with Crippen molar-refractivity contribution in [3.63, 3.8) is 0 Å². The summed E-state index contributed by atoms with van der Waals surface area (Å²) in [5.74, 6) is 0. The number of rotatable bonds is 0. The van der Waals surface area contributed by atoms with Crippen molar-refractivity contribution in [1.82, 2.24) is 0 Å². The summed E-state index contributed by atoms with van der Waals surface area (Å²) in [6.45, 7) is 0. The van der Waals surface area contributed by atoms with Crippen molar-refractivity contribution in [3.8, 4) is 23.9 Å². The molecule has 0 radical (unpaired) electrons. The summed E-state index contributed by atoms with van der Waals surface area (Å²) in [5, 5.41) is 10.3. The molecule has 0 aliphatic rings. The van der Waals surface area contributed by atoms with Crippen molar-refractivity contribution in [2.45, 2.75) is 0 Å². The van der Waals surface area contributed by atoms with Gasteiger partial charge in [-0.25, -0.2) is 0 Å². The van der Waals surface area contributed by atoms with Crippen LogP contribution in [0.5, 0.6) is 0 Å². The van der Waals surface area contributed by atoms with Crippen LogP contribution in [0.4, 0.5) is 0 Å². The molecule has 2 nitrogen and oxygen atoms in total. The van der Waals surface area contributed by atoms with Crippen LogP contribution in [-0.2, 0) is 0 Å². The van der Waals surface area contributed by atoms with Gasteiger partial charge in [-0.1, -0.05) is 11.1 Å². The van der Waals surface area contributed by atoms with Gasteiger partial charge in [0.1, 0.15) is 0 Å². The average Bonchev–Trinajstić information content (AvgIpc) is 1.68. The molecule has 0 atom stereocenters. The number of hydrogen-bond donors (Lipinski definition) is 2. The van der Waals surface area contributed by atoms with Gasteiger partial charge in [-0.05, 0) is 0 Å². The molecule has 0 amide bonds. The molecule has 0 rings (SSSR count). The van der Waals surface area contributed by atoms with E-state index in [9.17, 15) is 0 Å². The van der Waals surface area contributed by atoms with Crippen LogP contribution >= 0.6 is 0 Å². The first-order valence-corrected chi connectivity index (χ1v) is 3.81. The summed E-state index contributed by atoms with van der Waals surface area (Å²) in [6, 6.07) is 0. The van der Waals surface area contributed by atoms with E-state index < -0.39 is 8.40 Å². The first kappa shape index (κ1) is 6.26. The summed E-state index contributed by atoms with van der Waals surface area (Å²) in [6.07, 6.45) is 9.67. The average molecular weight is 110 g/mol. The van der Waals surface area contributed by atoms with Gasteiger partial charge in [0.05, 0.1) is 0 Å². The summed E-state index contributed by atoms with van der Waals surface area (Å²) >= 11 is 0. The van der Waals surface area contributed by atoms with E-state index in [1.807, 2.05) is 0 Å². The molecule has 0 spiro atoms. The lowest BCUT2D eigenvalue weighted by Gasteiger charge is -1.99. The van der Waals surface area contributed by atoms with Gasteiger partial charge in [-0.3, -0.25) is 0 Å². The molecule has 0 saturated heterocycles. The molecule has 3 heteroatoms. The molecule has 0 aliphatic carbocycles. The molecule has 36 valence electrons. The van der Waals surface area contributed by atoms with Crippen LogP contribution in [0.3, 0.4) is 0 Å². The van der Waals surface area contributed by atoms with E-state index >= 15 is 0 Å². The number of hydrogen-bond acceptors (Lipinski definition) is 2. The molecule has 0 aromatic carbocycles. The zero-order valence-corrected chi connectivity index (χ0v) is 4.81. The van der Waals surface area contributed by atoms with Crippen molar-refractivity contribution in [2.75, 3.05) is 0 Å². The van der Waals surface area contributed by atoms with Crippen molar-refractivity contribution < 1.29 is 0 Å². The quantitative estimate of drug-likeness (QED) is 0.300. The summed E-state index contributed by atoms with van der Waals surface area (Å²) in [7, 11) is -2.60. The van der Waals surface area contributed by atoms with Crippen LogP contribution in [0.25, 0.3) is 0 Å². The molecule has 0 heterocycles. The van der Waals surface area contributed by atoms with Gasteiger partial charge in [0.15, 0.2) is 0 Å². The smallest absolute Gasteiger partial charge is 0.320 e. The Morgan fingerprint density at radius 2 is 1.43 bits per heavy atom. The Morgan fingerprint density at radius 1 is 1.14 bits per heavy atom. The molecule has 0 bridgehead atoms. The summed E-state index contributed by atoms with van der Waals surface area (Å²) < 4.78 is 0. The maximum Gasteiger partial charge on any atom is 0.360 e. The van der Waals surface area contributed by atoms with Gasteiger partial charge in [0.2, 0.25) is 0 Å². The molecule has 0 fully saturated rings. The van der Waals surface area contributed by atoms with Gasteiger partial charge in [0, 0.05) is 0 Å². The topological polar surface area (TPSA) is 52.0 Å². The molecule has 0 saturated carbocycles. The predicted molar refractivity (Wildman–Crippen MR) is 31.8 cm³/mol. The lowest BCUT2D eigenvalue weighted by atomic mass is 11.4. The minimum absolute atomic E-state index is 2.15. The van der Waals surface area contributed by atoms with Crippen LogP contribution in [0.1, 0.15) is 0 Å². The fourth-order valence-electron chi connectivity index (χ4n) is 0.0417. The van der Waals surface area contributed by atoms with E-state index in [0.29, 0.717) is 0 Å². The zero-order valence-electron chi connectivity index (χ0n) is 3.81. The highest BCUT2D eigenvalue weighted by Gasteiger charge is 2.14. The molecule has 7 heavy (non-hydrogen) atoms. The van der Waals surface area contributed by atoms with Gasteiger partial charge in [-0.15, -0.1) is 12.8 Å². The summed E-state index contributed by atoms with van der Waals surface area (Å²) in [5.41, 5.74) is 4.30. The monoisotopic (exact) mass is 110 g/mol. The van der Waals surface area contributed by atoms with Crippen LogP contribution < -0.4 is 10.8 Å². The Bertz CT molecular complexity index is 121. The normalized spacial score (nSPS) is 9.14. The van der Waals surface area contributed by atoms with E-state index in [1.54, 1.807) is 0 Å². The fourth-order valence-corrected chi connectivity index (χ4v) is 0.125. The molecule has 4 N–H and O–H groups in total. The van der Waals surface area contributed by atoms with E-state index in [4.69, 9.17) is 23.6 Å². The Hall–Kier alpha value is -0.743.